The number of benzene rings is 3. The third-order valence-electron chi connectivity index (χ3n) is 6.47. The molecule has 1 aliphatic heterocycles. The number of fused-ring (bicyclic) bond motifs is 2. The van der Waals surface area contributed by atoms with Crippen LogP contribution in [0.4, 0.5) is 0 Å². The first-order valence-electron chi connectivity index (χ1n) is 12.7. The van der Waals surface area contributed by atoms with Crippen LogP contribution in [0.5, 0.6) is 17.2 Å². The lowest BCUT2D eigenvalue weighted by molar-refractivity contribution is 0.0730. The molecule has 1 aromatic heterocycles. The number of esters is 1. The number of hydrogen-bond donors (Lipinski definition) is 1. The van der Waals surface area contributed by atoms with E-state index >= 15 is 0 Å². The van der Waals surface area contributed by atoms with Crippen molar-refractivity contribution in [3.05, 3.63) is 111 Å². The van der Waals surface area contributed by atoms with Crippen LogP contribution in [-0.2, 0) is 0 Å². The Bertz CT molecular complexity index is 1680. The smallest absolute Gasteiger partial charge is 0.351 e. The zero-order valence-electron chi connectivity index (χ0n) is 21.3. The molecule has 2 N–H and O–H groups in total. The van der Waals surface area contributed by atoms with Gasteiger partial charge in [0.15, 0.2) is 0 Å². The number of hydrogen-bond acceptors (Lipinski definition) is 8. The van der Waals surface area contributed by atoms with Crippen LogP contribution in [0.3, 0.4) is 0 Å². The Kier molecular flexibility index (Phi) is 7.32. The van der Waals surface area contributed by atoms with E-state index in [9.17, 15) is 14.9 Å². The van der Waals surface area contributed by atoms with Crippen molar-refractivity contribution in [2.75, 3.05) is 6.61 Å². The summed E-state index contributed by atoms with van der Waals surface area (Å²) in [4.78, 5) is 25.2. The molecule has 0 saturated heterocycles. The van der Waals surface area contributed by atoms with Crippen molar-refractivity contribution >= 4 is 16.9 Å². The van der Waals surface area contributed by atoms with Crippen molar-refractivity contribution in [2.45, 2.75) is 32.1 Å². The van der Waals surface area contributed by atoms with E-state index in [2.05, 4.69) is 13.0 Å². The SMILES string of the molecule is CCCCCOc1cccc(C2C(C#N)=C(N)Oc3cc(OC(=O)c4cc5ccccc5oc4=O)ccc32)c1. The number of nitriles is 1. The van der Waals surface area contributed by atoms with Crippen LogP contribution in [0, 0.1) is 11.3 Å². The quantitative estimate of drug-likeness (QED) is 0.133. The molecular formula is C31H26N2O6. The summed E-state index contributed by atoms with van der Waals surface area (Å²) in [5.41, 5.74) is 7.24. The van der Waals surface area contributed by atoms with Gasteiger partial charge in [-0.3, -0.25) is 0 Å². The monoisotopic (exact) mass is 522 g/mol. The summed E-state index contributed by atoms with van der Waals surface area (Å²) in [5.74, 6) is -0.228. The van der Waals surface area contributed by atoms with E-state index in [-0.39, 0.29) is 22.8 Å². The maximum atomic E-state index is 12.8. The molecule has 196 valence electrons. The van der Waals surface area contributed by atoms with Crippen LogP contribution < -0.4 is 25.6 Å². The minimum Gasteiger partial charge on any atom is -0.494 e. The second kappa shape index (κ2) is 11.2. The maximum absolute atomic E-state index is 12.8. The van der Waals surface area contributed by atoms with Crippen LogP contribution in [0.1, 0.15) is 53.6 Å². The summed E-state index contributed by atoms with van der Waals surface area (Å²) < 4.78 is 22.4. The third-order valence-corrected chi connectivity index (χ3v) is 6.47. The molecule has 1 unspecified atom stereocenters. The summed E-state index contributed by atoms with van der Waals surface area (Å²) in [6.45, 7) is 2.74. The average Bonchev–Trinajstić information content (AvgIpc) is 2.94. The van der Waals surface area contributed by atoms with E-state index < -0.39 is 17.5 Å². The largest absolute Gasteiger partial charge is 0.494 e. The predicted octanol–water partition coefficient (Wildman–Crippen LogP) is 5.80. The van der Waals surface area contributed by atoms with E-state index in [1.807, 2.05) is 24.3 Å². The predicted molar refractivity (Wildman–Crippen MR) is 145 cm³/mol. The molecule has 8 nitrogen and oxygen atoms in total. The van der Waals surface area contributed by atoms with Crippen LogP contribution >= 0.6 is 0 Å². The number of unbranched alkanes of at least 4 members (excludes halogenated alkanes) is 2. The van der Waals surface area contributed by atoms with Gasteiger partial charge >= 0.3 is 11.6 Å². The Labute approximate surface area is 224 Å². The number of ether oxygens (including phenoxy) is 3. The Morgan fingerprint density at radius 2 is 1.87 bits per heavy atom. The number of nitrogens with two attached hydrogens (primary N) is 1. The number of carbonyl (C=O) groups excluding carboxylic acids is 1. The normalized spacial score (nSPS) is 14.3. The minimum atomic E-state index is -0.865. The van der Waals surface area contributed by atoms with Gasteiger partial charge in [0, 0.05) is 17.0 Å². The van der Waals surface area contributed by atoms with Gasteiger partial charge in [-0.25, -0.2) is 9.59 Å². The van der Waals surface area contributed by atoms with Crippen molar-refractivity contribution in [1.29, 1.82) is 5.26 Å². The fourth-order valence-corrected chi connectivity index (χ4v) is 4.53. The summed E-state index contributed by atoms with van der Waals surface area (Å²) in [6, 6.07) is 22.8. The van der Waals surface area contributed by atoms with E-state index in [1.54, 1.807) is 36.4 Å². The topological polar surface area (TPSA) is 125 Å². The molecular weight excluding hydrogens is 496 g/mol. The molecule has 5 rings (SSSR count). The van der Waals surface area contributed by atoms with Gasteiger partial charge in [-0.15, -0.1) is 0 Å². The van der Waals surface area contributed by atoms with Crippen LogP contribution in [0.2, 0.25) is 0 Å². The lowest BCUT2D eigenvalue weighted by atomic mass is 9.83. The first-order valence-corrected chi connectivity index (χ1v) is 12.7. The average molecular weight is 523 g/mol. The van der Waals surface area contributed by atoms with Crippen molar-refractivity contribution in [1.82, 2.24) is 0 Å². The van der Waals surface area contributed by atoms with Crippen LogP contribution in [-0.4, -0.2) is 12.6 Å². The molecule has 8 heteroatoms. The van der Waals surface area contributed by atoms with E-state index in [1.165, 1.54) is 12.1 Å². The number of allylic oxidation sites excluding steroid dienone is 1. The standard InChI is InChI=1S/C31H26N2O6/c1-2-3-6-14-36-21-10-7-9-20(15-21)28-23-13-12-22(17-27(23)38-29(33)25(28)18-32)37-30(34)24-16-19-8-4-5-11-26(19)39-31(24)35/h4-5,7-13,15-17,28H,2-3,6,14,33H2,1H3. The lowest BCUT2D eigenvalue weighted by Crippen LogP contribution is -2.22. The van der Waals surface area contributed by atoms with Gasteiger partial charge in [-0.05, 0) is 42.3 Å². The lowest BCUT2D eigenvalue weighted by Gasteiger charge is -2.27. The van der Waals surface area contributed by atoms with Gasteiger partial charge in [0.25, 0.3) is 0 Å². The molecule has 4 aromatic rings. The first-order chi connectivity index (χ1) is 19.0. The minimum absolute atomic E-state index is 0.0390. The number of para-hydroxylation sites is 1. The molecule has 0 bridgehead atoms. The number of nitrogens with zero attached hydrogens (tertiary/aromatic N) is 1. The molecule has 0 aliphatic carbocycles. The van der Waals surface area contributed by atoms with Gasteiger partial charge in [0.2, 0.25) is 5.88 Å². The number of rotatable bonds is 8. The first kappa shape index (κ1) is 25.6. The van der Waals surface area contributed by atoms with Gasteiger partial charge in [0.1, 0.15) is 40.0 Å². The van der Waals surface area contributed by atoms with Crippen molar-refractivity contribution in [2.24, 2.45) is 5.73 Å². The Hall–Kier alpha value is -5.03. The highest BCUT2D eigenvalue weighted by atomic mass is 16.5. The maximum Gasteiger partial charge on any atom is 0.351 e. The summed E-state index contributed by atoms with van der Waals surface area (Å²) in [6.07, 6.45) is 3.15. The third kappa shape index (κ3) is 5.34. The molecule has 1 aliphatic rings. The molecule has 2 heterocycles. The molecule has 0 amide bonds. The zero-order valence-corrected chi connectivity index (χ0v) is 21.3. The van der Waals surface area contributed by atoms with Gasteiger partial charge < -0.3 is 24.4 Å². The van der Waals surface area contributed by atoms with Crippen molar-refractivity contribution in [3.63, 3.8) is 0 Å². The van der Waals surface area contributed by atoms with Gasteiger partial charge in [-0.2, -0.15) is 5.26 Å². The summed E-state index contributed by atoms with van der Waals surface area (Å²) in [5, 5.41) is 10.5. The fourth-order valence-electron chi connectivity index (χ4n) is 4.53. The van der Waals surface area contributed by atoms with E-state index in [0.29, 0.717) is 34.6 Å². The molecule has 0 spiro atoms. The molecule has 0 radical (unpaired) electrons. The second-order valence-corrected chi connectivity index (χ2v) is 9.13. The van der Waals surface area contributed by atoms with E-state index in [4.69, 9.17) is 24.4 Å². The highest BCUT2D eigenvalue weighted by molar-refractivity contribution is 5.94. The molecule has 3 aromatic carbocycles. The highest BCUT2D eigenvalue weighted by Crippen LogP contribution is 2.44. The highest BCUT2D eigenvalue weighted by Gasteiger charge is 2.31. The van der Waals surface area contributed by atoms with Crippen LogP contribution in [0.15, 0.2) is 93.5 Å². The summed E-state index contributed by atoms with van der Waals surface area (Å²) in [7, 11) is 0. The van der Waals surface area contributed by atoms with Gasteiger partial charge in [-0.1, -0.05) is 56.2 Å². The molecule has 39 heavy (non-hydrogen) atoms. The Balaban J connectivity index is 1.43. The van der Waals surface area contributed by atoms with Crippen LogP contribution in [0.25, 0.3) is 11.0 Å². The van der Waals surface area contributed by atoms with Gasteiger partial charge in [0.05, 0.1) is 12.5 Å². The second-order valence-electron chi connectivity index (χ2n) is 9.13. The Morgan fingerprint density at radius 1 is 1.03 bits per heavy atom. The summed E-state index contributed by atoms with van der Waals surface area (Å²) >= 11 is 0. The fraction of sp³-hybridized carbons (Fsp3) is 0.194. The zero-order chi connectivity index (χ0) is 27.4. The van der Waals surface area contributed by atoms with Crippen molar-refractivity contribution < 1.29 is 23.4 Å². The van der Waals surface area contributed by atoms with Crippen molar-refractivity contribution in [3.8, 4) is 23.3 Å². The molecule has 1 atom stereocenters. The molecule has 0 saturated carbocycles. The number of carbonyl (C=O) groups is 1. The molecule has 0 fully saturated rings. The van der Waals surface area contributed by atoms with E-state index in [0.717, 1.165) is 24.8 Å². The Morgan fingerprint density at radius 3 is 2.69 bits per heavy atom.